The van der Waals surface area contributed by atoms with E-state index in [1.807, 2.05) is 61.6 Å². The Labute approximate surface area is 354 Å². The van der Waals surface area contributed by atoms with E-state index in [9.17, 15) is 0 Å². The van der Waals surface area contributed by atoms with Crippen LogP contribution in [0, 0.1) is 0 Å². The van der Waals surface area contributed by atoms with Crippen LogP contribution in [0.1, 0.15) is 13.8 Å². The molecular weight excluding hydrogens is 765 g/mol. The second-order valence-corrected chi connectivity index (χ2v) is 16.2. The number of hydrogen-bond acceptors (Lipinski definition) is 5. The second-order valence-electron chi connectivity index (χ2n) is 15.2. The van der Waals surface area contributed by atoms with Crippen LogP contribution in [0.15, 0.2) is 186 Å². The Morgan fingerprint density at radius 2 is 1.03 bits per heavy atom. The monoisotopic (exact) mass is 800 g/mol. The van der Waals surface area contributed by atoms with E-state index in [0.717, 1.165) is 76.8 Å². The van der Waals surface area contributed by atoms with Gasteiger partial charge in [0, 0.05) is 63.8 Å². The van der Waals surface area contributed by atoms with E-state index in [4.69, 9.17) is 19.4 Å². The van der Waals surface area contributed by atoms with Crippen LogP contribution >= 0.6 is 11.3 Å². The zero-order valence-electron chi connectivity index (χ0n) is 33.4. The zero-order valence-corrected chi connectivity index (χ0v) is 34.2. The van der Waals surface area contributed by atoms with Crippen LogP contribution in [0.2, 0.25) is 0 Å². The summed E-state index contributed by atoms with van der Waals surface area (Å²) in [6.07, 6.45) is 0. The van der Waals surface area contributed by atoms with E-state index in [-0.39, 0.29) is 0 Å². The first-order valence-corrected chi connectivity index (χ1v) is 21.6. The van der Waals surface area contributed by atoms with Gasteiger partial charge in [0.1, 0.15) is 11.2 Å². The topological polar surface area (TPSA) is 56.7 Å². The molecule has 13 rings (SSSR count). The summed E-state index contributed by atoms with van der Waals surface area (Å²) < 4.78 is 11.2. The number of nitrogens with zero attached hydrogens (tertiary/aromatic N) is 4. The molecule has 0 fully saturated rings. The molecule has 61 heavy (non-hydrogen) atoms. The summed E-state index contributed by atoms with van der Waals surface area (Å²) in [6, 6.07) is 64.4. The molecule has 0 unspecified atom stereocenters. The minimum absolute atomic E-state index is 0.551. The third-order valence-corrected chi connectivity index (χ3v) is 13.0. The molecule has 13 aromatic rings. The Morgan fingerprint density at radius 1 is 0.410 bits per heavy atom. The Balaban J connectivity index is 0.00000197. The van der Waals surface area contributed by atoms with Gasteiger partial charge in [0.2, 0.25) is 5.95 Å². The molecule has 5 nitrogen and oxygen atoms in total. The van der Waals surface area contributed by atoms with E-state index in [0.29, 0.717) is 17.6 Å². The van der Waals surface area contributed by atoms with Crippen LogP contribution in [-0.4, -0.2) is 19.5 Å². The number of thiophene rings is 1. The highest BCUT2D eigenvalue weighted by atomic mass is 32.1. The number of para-hydroxylation sites is 2. The molecule has 0 spiro atoms. The standard InChI is InChI=1S/C53H30N4OS.C2H6/c1-2-13-33(14-3-1)51-54-52(35-22-25-40-39-17-8-9-20-44(39)58-45(40)30-35)56-53(55-51)57-49-37-16-7-5-12-32(37)21-26-42(49)41-19-10-18-38(50(41)57)34-24-27-46-43(29-34)48-36-15-6-4-11-31(36)23-28-47(48)59-46;1-2/h1-30H;1-2H3. The van der Waals surface area contributed by atoms with Gasteiger partial charge in [0.25, 0.3) is 0 Å². The van der Waals surface area contributed by atoms with Crippen LogP contribution in [0.3, 0.4) is 0 Å². The molecule has 0 atom stereocenters. The lowest BCUT2D eigenvalue weighted by atomic mass is 9.98. The van der Waals surface area contributed by atoms with E-state index in [2.05, 4.69) is 150 Å². The molecule has 0 bridgehead atoms. The van der Waals surface area contributed by atoms with E-state index < -0.39 is 0 Å². The lowest BCUT2D eigenvalue weighted by molar-refractivity contribution is 0.669. The van der Waals surface area contributed by atoms with Crippen molar-refractivity contribution in [3.05, 3.63) is 182 Å². The molecule has 0 N–H and O–H groups in total. The Kier molecular flexibility index (Phi) is 8.08. The van der Waals surface area contributed by atoms with Gasteiger partial charge < -0.3 is 4.42 Å². The lowest BCUT2D eigenvalue weighted by Gasteiger charge is -2.14. The fraction of sp³-hybridized carbons (Fsp3) is 0.0364. The largest absolute Gasteiger partial charge is 0.456 e. The zero-order chi connectivity index (χ0) is 40.6. The first-order chi connectivity index (χ1) is 30.2. The highest BCUT2D eigenvalue weighted by Gasteiger charge is 2.23. The first-order valence-electron chi connectivity index (χ1n) is 20.8. The maximum Gasteiger partial charge on any atom is 0.238 e. The minimum Gasteiger partial charge on any atom is -0.456 e. The Hall–Kier alpha value is -7.67. The predicted octanol–water partition coefficient (Wildman–Crippen LogP) is 15.6. The van der Waals surface area contributed by atoms with Gasteiger partial charge in [-0.15, -0.1) is 11.3 Å². The summed E-state index contributed by atoms with van der Waals surface area (Å²) in [7, 11) is 0. The molecule has 0 amide bonds. The van der Waals surface area contributed by atoms with Gasteiger partial charge >= 0.3 is 0 Å². The molecule has 9 aromatic carbocycles. The maximum absolute atomic E-state index is 6.36. The summed E-state index contributed by atoms with van der Waals surface area (Å²) >= 11 is 1.85. The predicted molar refractivity (Wildman–Crippen MR) is 257 cm³/mol. The summed E-state index contributed by atoms with van der Waals surface area (Å²) in [5, 5.41) is 11.8. The van der Waals surface area contributed by atoms with Gasteiger partial charge in [-0.1, -0.05) is 159 Å². The van der Waals surface area contributed by atoms with Crippen molar-refractivity contribution in [2.24, 2.45) is 0 Å². The molecule has 4 heterocycles. The van der Waals surface area contributed by atoms with Gasteiger partial charge in [0.05, 0.1) is 11.0 Å². The number of fused-ring (bicyclic) bond motifs is 13. The lowest BCUT2D eigenvalue weighted by Crippen LogP contribution is -2.07. The molecule has 0 aliphatic carbocycles. The quantitative estimate of drug-likeness (QED) is 0.178. The summed E-state index contributed by atoms with van der Waals surface area (Å²) in [5.74, 6) is 1.72. The van der Waals surface area contributed by atoms with Crippen LogP contribution in [0.4, 0.5) is 0 Å². The van der Waals surface area contributed by atoms with Gasteiger partial charge in [-0.3, -0.25) is 4.57 Å². The summed E-state index contributed by atoms with van der Waals surface area (Å²) in [4.78, 5) is 15.9. The third kappa shape index (κ3) is 5.49. The smallest absolute Gasteiger partial charge is 0.238 e. The molecule has 288 valence electrons. The Morgan fingerprint density at radius 3 is 1.89 bits per heavy atom. The van der Waals surface area contributed by atoms with Crippen LogP contribution < -0.4 is 0 Å². The average molecular weight is 801 g/mol. The fourth-order valence-corrected chi connectivity index (χ4v) is 10.3. The van der Waals surface area contributed by atoms with E-state index in [1.165, 1.54) is 30.9 Å². The fourth-order valence-electron chi connectivity index (χ4n) is 9.15. The van der Waals surface area contributed by atoms with E-state index >= 15 is 0 Å². The van der Waals surface area contributed by atoms with Gasteiger partial charge in [-0.2, -0.15) is 9.97 Å². The molecule has 4 aromatic heterocycles. The highest BCUT2D eigenvalue weighted by Crippen LogP contribution is 2.44. The van der Waals surface area contributed by atoms with Crippen LogP contribution in [0.5, 0.6) is 0 Å². The van der Waals surface area contributed by atoms with E-state index in [1.54, 1.807) is 0 Å². The Bertz CT molecular complexity index is 3860. The maximum atomic E-state index is 6.36. The molecular formula is C55H36N4OS. The summed E-state index contributed by atoms with van der Waals surface area (Å²) in [5.41, 5.74) is 7.76. The molecule has 0 aliphatic heterocycles. The van der Waals surface area contributed by atoms with Crippen molar-refractivity contribution in [1.82, 2.24) is 19.5 Å². The van der Waals surface area contributed by atoms with Crippen molar-refractivity contribution in [3.8, 4) is 39.9 Å². The van der Waals surface area contributed by atoms with Gasteiger partial charge in [-0.25, -0.2) is 4.98 Å². The SMILES string of the molecule is CC.c1ccc(-c2nc(-c3ccc4c(c3)oc3ccccc34)nc(-n3c4c(-c5ccc6sc7ccc8ccccc8c7c6c5)cccc4c4ccc5ccccc5c43)n2)cc1. The number of furan rings is 1. The summed E-state index contributed by atoms with van der Waals surface area (Å²) in [6.45, 7) is 4.00. The average Bonchev–Trinajstić information content (AvgIpc) is 4.02. The van der Waals surface area contributed by atoms with Crippen molar-refractivity contribution in [1.29, 1.82) is 0 Å². The first kappa shape index (κ1) is 35.3. The van der Waals surface area contributed by atoms with Crippen molar-refractivity contribution in [2.45, 2.75) is 13.8 Å². The molecule has 0 aliphatic rings. The van der Waals surface area contributed by atoms with Crippen molar-refractivity contribution in [2.75, 3.05) is 0 Å². The number of aromatic nitrogens is 4. The van der Waals surface area contributed by atoms with Crippen molar-refractivity contribution in [3.63, 3.8) is 0 Å². The molecule has 0 radical (unpaired) electrons. The molecule has 6 heteroatoms. The number of hydrogen-bond donors (Lipinski definition) is 0. The minimum atomic E-state index is 0.551. The normalized spacial score (nSPS) is 11.8. The molecule has 0 saturated carbocycles. The number of benzene rings is 9. The number of rotatable bonds is 4. The molecule has 0 saturated heterocycles. The van der Waals surface area contributed by atoms with Crippen molar-refractivity contribution < 1.29 is 4.42 Å². The van der Waals surface area contributed by atoms with Gasteiger partial charge in [0.15, 0.2) is 11.6 Å². The van der Waals surface area contributed by atoms with Crippen LogP contribution in [0.25, 0.3) is 125 Å². The van der Waals surface area contributed by atoms with Crippen LogP contribution in [-0.2, 0) is 0 Å². The van der Waals surface area contributed by atoms with Crippen molar-refractivity contribution >= 4 is 96.8 Å². The second kappa shape index (κ2) is 14.0. The highest BCUT2D eigenvalue weighted by molar-refractivity contribution is 7.26. The van der Waals surface area contributed by atoms with Gasteiger partial charge in [-0.05, 0) is 58.1 Å². The third-order valence-electron chi connectivity index (χ3n) is 11.8.